The van der Waals surface area contributed by atoms with Crippen molar-refractivity contribution in [1.82, 2.24) is 20.5 Å². The largest absolute Gasteiger partial charge is 0.354 e. The molecule has 1 unspecified atom stereocenters. The minimum Gasteiger partial charge on any atom is -0.354 e. The maximum absolute atomic E-state index is 11.6. The van der Waals surface area contributed by atoms with Gasteiger partial charge in [-0.05, 0) is 18.6 Å². The summed E-state index contributed by atoms with van der Waals surface area (Å²) in [5.74, 6) is 1.67. The fourth-order valence-electron chi connectivity index (χ4n) is 2.33. The fourth-order valence-corrected chi connectivity index (χ4v) is 2.33. The van der Waals surface area contributed by atoms with Crippen molar-refractivity contribution in [3.63, 3.8) is 0 Å². The third-order valence-corrected chi connectivity index (χ3v) is 3.63. The van der Waals surface area contributed by atoms with E-state index in [1.807, 2.05) is 24.4 Å². The van der Waals surface area contributed by atoms with Crippen LogP contribution in [0.5, 0.6) is 0 Å². The lowest BCUT2D eigenvalue weighted by Gasteiger charge is -2.20. The highest BCUT2D eigenvalue weighted by Gasteiger charge is 2.24. The van der Waals surface area contributed by atoms with Gasteiger partial charge in [-0.15, -0.1) is 0 Å². The molecule has 0 saturated carbocycles. The molecule has 1 aliphatic rings. The number of nitrogens with zero attached hydrogens (tertiary/aromatic N) is 4. The summed E-state index contributed by atoms with van der Waals surface area (Å²) in [4.78, 5) is 23.9. The Morgan fingerprint density at radius 3 is 2.95 bits per heavy atom. The van der Waals surface area contributed by atoms with Crippen LogP contribution in [-0.2, 0) is 4.79 Å². The third kappa shape index (κ3) is 4.34. The number of carbonyl (C=O) groups is 1. The van der Waals surface area contributed by atoms with Crippen LogP contribution in [0.2, 0.25) is 0 Å². The summed E-state index contributed by atoms with van der Waals surface area (Å²) in [6, 6.07) is 6.23. The van der Waals surface area contributed by atoms with Crippen LogP contribution in [0.25, 0.3) is 0 Å². The van der Waals surface area contributed by atoms with E-state index < -0.39 is 0 Å². The predicted octanol–water partition coefficient (Wildman–Crippen LogP) is -0.0865. The van der Waals surface area contributed by atoms with E-state index in [9.17, 15) is 4.79 Å². The Morgan fingerprint density at radius 2 is 2.32 bits per heavy atom. The lowest BCUT2D eigenvalue weighted by atomic mass is 10.3. The second kappa shape index (κ2) is 7.63. The standard InChI is InChI=1S/C15H24N6O/c1-16-15(18-10-14(22)20(2)3)19-12-7-9-21(11-12)13-6-4-5-8-17-13/h4-6,8,12H,7,9-11H2,1-3H3,(H2,16,18,19). The Balaban J connectivity index is 1.82. The van der Waals surface area contributed by atoms with Crippen molar-refractivity contribution in [3.8, 4) is 0 Å². The predicted molar refractivity (Wildman–Crippen MR) is 88.0 cm³/mol. The van der Waals surface area contributed by atoms with Gasteiger partial charge in [0, 0.05) is 46.5 Å². The molecular weight excluding hydrogens is 280 g/mol. The average molecular weight is 304 g/mol. The Kier molecular flexibility index (Phi) is 5.57. The second-order valence-electron chi connectivity index (χ2n) is 5.48. The molecule has 1 aromatic heterocycles. The lowest BCUT2D eigenvalue weighted by Crippen LogP contribution is -2.47. The normalized spacial score (nSPS) is 18.2. The number of pyridine rings is 1. The number of anilines is 1. The second-order valence-corrected chi connectivity index (χ2v) is 5.48. The first-order valence-corrected chi connectivity index (χ1v) is 7.43. The number of rotatable bonds is 4. The minimum atomic E-state index is 0.0180. The molecule has 2 rings (SSSR count). The van der Waals surface area contributed by atoms with Crippen LogP contribution >= 0.6 is 0 Å². The molecule has 1 atom stereocenters. The zero-order valence-electron chi connectivity index (χ0n) is 13.4. The van der Waals surface area contributed by atoms with Crippen molar-refractivity contribution < 1.29 is 4.79 Å². The van der Waals surface area contributed by atoms with Gasteiger partial charge in [-0.25, -0.2) is 4.98 Å². The summed E-state index contributed by atoms with van der Waals surface area (Å²) in [5.41, 5.74) is 0. The topological polar surface area (TPSA) is 72.9 Å². The number of nitrogens with one attached hydrogen (secondary N) is 2. The van der Waals surface area contributed by atoms with Crippen LogP contribution in [0.15, 0.2) is 29.4 Å². The van der Waals surface area contributed by atoms with Gasteiger partial charge >= 0.3 is 0 Å². The number of likely N-dealkylation sites (N-methyl/N-ethyl adjacent to an activating group) is 1. The minimum absolute atomic E-state index is 0.0180. The highest BCUT2D eigenvalue weighted by atomic mass is 16.2. The fraction of sp³-hybridized carbons (Fsp3) is 0.533. The van der Waals surface area contributed by atoms with Gasteiger partial charge in [0.05, 0.1) is 6.54 Å². The molecule has 120 valence electrons. The Hall–Kier alpha value is -2.31. The maximum Gasteiger partial charge on any atom is 0.241 e. The van der Waals surface area contributed by atoms with Gasteiger partial charge in [0.1, 0.15) is 5.82 Å². The van der Waals surface area contributed by atoms with E-state index in [1.54, 1.807) is 26.0 Å². The summed E-state index contributed by atoms with van der Waals surface area (Å²) in [6.07, 6.45) is 2.82. The van der Waals surface area contributed by atoms with Crippen LogP contribution in [0.1, 0.15) is 6.42 Å². The first-order valence-electron chi connectivity index (χ1n) is 7.43. The summed E-state index contributed by atoms with van der Waals surface area (Å²) in [5, 5.41) is 6.40. The van der Waals surface area contributed by atoms with Gasteiger partial charge in [0.2, 0.25) is 5.91 Å². The van der Waals surface area contributed by atoms with E-state index in [2.05, 4.69) is 25.5 Å². The van der Waals surface area contributed by atoms with Crippen molar-refractivity contribution in [2.24, 2.45) is 4.99 Å². The molecule has 7 nitrogen and oxygen atoms in total. The molecule has 7 heteroatoms. The number of amides is 1. The van der Waals surface area contributed by atoms with E-state index >= 15 is 0 Å². The highest BCUT2D eigenvalue weighted by Crippen LogP contribution is 2.17. The van der Waals surface area contributed by atoms with Gasteiger partial charge in [0.15, 0.2) is 5.96 Å². The molecule has 1 aromatic rings. The number of aromatic nitrogens is 1. The van der Waals surface area contributed by atoms with E-state index in [1.165, 1.54) is 0 Å². The number of aliphatic imine (C=N–C) groups is 1. The smallest absolute Gasteiger partial charge is 0.241 e. The Morgan fingerprint density at radius 1 is 1.50 bits per heavy atom. The van der Waals surface area contributed by atoms with Gasteiger partial charge < -0.3 is 20.4 Å². The van der Waals surface area contributed by atoms with Crippen LogP contribution in [0.4, 0.5) is 5.82 Å². The molecule has 2 heterocycles. The van der Waals surface area contributed by atoms with E-state index in [4.69, 9.17) is 0 Å². The van der Waals surface area contributed by atoms with E-state index in [0.29, 0.717) is 12.0 Å². The van der Waals surface area contributed by atoms with Gasteiger partial charge in [-0.1, -0.05) is 6.07 Å². The van der Waals surface area contributed by atoms with Crippen LogP contribution in [0, 0.1) is 0 Å². The third-order valence-electron chi connectivity index (χ3n) is 3.63. The first kappa shape index (κ1) is 16.1. The molecule has 1 aliphatic heterocycles. The Labute approximate surface area is 131 Å². The summed E-state index contributed by atoms with van der Waals surface area (Å²) in [7, 11) is 5.19. The molecule has 1 amide bonds. The molecule has 2 N–H and O–H groups in total. The van der Waals surface area contributed by atoms with E-state index in [-0.39, 0.29) is 12.5 Å². The van der Waals surface area contributed by atoms with Crippen molar-refractivity contribution in [3.05, 3.63) is 24.4 Å². The van der Waals surface area contributed by atoms with Gasteiger partial charge in [0.25, 0.3) is 0 Å². The SMILES string of the molecule is CN=C(NCC(=O)N(C)C)NC1CCN(c2ccccn2)C1. The van der Waals surface area contributed by atoms with Crippen molar-refractivity contribution in [1.29, 1.82) is 0 Å². The monoisotopic (exact) mass is 304 g/mol. The quantitative estimate of drug-likeness (QED) is 0.601. The number of carbonyl (C=O) groups excluding carboxylic acids is 1. The van der Waals surface area contributed by atoms with Gasteiger partial charge in [-0.3, -0.25) is 9.79 Å². The van der Waals surface area contributed by atoms with Crippen molar-refractivity contribution in [2.75, 3.05) is 45.7 Å². The highest BCUT2D eigenvalue weighted by molar-refractivity contribution is 5.86. The molecule has 0 aliphatic carbocycles. The Bertz CT molecular complexity index is 516. The zero-order chi connectivity index (χ0) is 15.9. The summed E-state index contributed by atoms with van der Waals surface area (Å²) in [6.45, 7) is 2.07. The molecule has 1 saturated heterocycles. The average Bonchev–Trinajstić information content (AvgIpc) is 3.00. The van der Waals surface area contributed by atoms with E-state index in [0.717, 1.165) is 25.3 Å². The zero-order valence-corrected chi connectivity index (χ0v) is 13.4. The van der Waals surface area contributed by atoms with Gasteiger partial charge in [-0.2, -0.15) is 0 Å². The van der Waals surface area contributed by atoms with Crippen molar-refractivity contribution in [2.45, 2.75) is 12.5 Å². The molecule has 1 fully saturated rings. The van der Waals surface area contributed by atoms with Crippen molar-refractivity contribution >= 4 is 17.7 Å². The number of hydrogen-bond donors (Lipinski definition) is 2. The van der Waals surface area contributed by atoms with Crippen LogP contribution in [0.3, 0.4) is 0 Å². The number of guanidine groups is 1. The molecule has 0 radical (unpaired) electrons. The molecule has 22 heavy (non-hydrogen) atoms. The first-order chi connectivity index (χ1) is 10.6. The molecule has 0 spiro atoms. The molecular formula is C15H24N6O. The maximum atomic E-state index is 11.6. The lowest BCUT2D eigenvalue weighted by molar-refractivity contribution is -0.127. The molecule has 0 bridgehead atoms. The number of hydrogen-bond acceptors (Lipinski definition) is 4. The van der Waals surface area contributed by atoms with Crippen LogP contribution < -0.4 is 15.5 Å². The summed E-state index contributed by atoms with van der Waals surface area (Å²) >= 11 is 0. The summed E-state index contributed by atoms with van der Waals surface area (Å²) < 4.78 is 0. The molecule has 0 aromatic carbocycles. The van der Waals surface area contributed by atoms with Crippen LogP contribution in [-0.4, -0.2) is 68.6 Å².